The lowest BCUT2D eigenvalue weighted by Crippen LogP contribution is -2.33. The third-order valence-corrected chi connectivity index (χ3v) is 1.50. The molecule has 0 aliphatic carbocycles. The highest BCUT2D eigenvalue weighted by Gasteiger charge is 2.06. The Hall–Kier alpha value is -1.35. The van der Waals surface area contributed by atoms with Gasteiger partial charge in [-0.3, -0.25) is 0 Å². The van der Waals surface area contributed by atoms with Gasteiger partial charge in [-0.15, -0.1) is 0 Å². The van der Waals surface area contributed by atoms with E-state index in [-0.39, 0.29) is 0 Å². The summed E-state index contributed by atoms with van der Waals surface area (Å²) >= 11 is 0. The van der Waals surface area contributed by atoms with E-state index in [1.807, 2.05) is 0 Å². The molecule has 0 heterocycles. The first-order valence-electron chi connectivity index (χ1n) is 4.39. The molecule has 0 aromatic heterocycles. The van der Waals surface area contributed by atoms with Crippen LogP contribution in [0.2, 0.25) is 0 Å². The number of carboxylic acid groups (broad SMARTS) is 1. The van der Waals surface area contributed by atoms with Crippen molar-refractivity contribution in [3.8, 4) is 0 Å². The average Bonchev–Trinajstić information content (AvgIpc) is 2.04. The second kappa shape index (κ2) is 6.16. The number of quaternary nitrogens is 1. The van der Waals surface area contributed by atoms with Crippen LogP contribution in [0.4, 0.5) is 0 Å². The van der Waals surface area contributed by atoms with Gasteiger partial charge >= 0.3 is 0 Å². The maximum atomic E-state index is 8.25. The van der Waals surface area contributed by atoms with Crippen LogP contribution in [0.3, 0.4) is 0 Å². The lowest BCUT2D eigenvalue weighted by atomic mass is 10.2. The minimum atomic E-state index is -0.500. The summed E-state index contributed by atoms with van der Waals surface area (Å²) in [6, 6.07) is 10.6. The van der Waals surface area contributed by atoms with Gasteiger partial charge in [-0.25, -0.2) is 0 Å². The Kier molecular flexibility index (Phi) is 5.56. The molecule has 0 atom stereocenters. The second-order valence-corrected chi connectivity index (χ2v) is 4.03. The van der Waals surface area contributed by atoms with Crippen LogP contribution in [-0.2, 0) is 11.3 Å². The summed E-state index contributed by atoms with van der Waals surface area (Å²) in [4.78, 5) is 8.25. The van der Waals surface area contributed by atoms with E-state index in [0.717, 1.165) is 11.0 Å². The van der Waals surface area contributed by atoms with Crippen molar-refractivity contribution >= 4 is 6.47 Å². The Morgan fingerprint density at radius 1 is 1.21 bits per heavy atom. The van der Waals surface area contributed by atoms with Crippen molar-refractivity contribution in [2.75, 3.05) is 21.1 Å². The van der Waals surface area contributed by atoms with Crippen LogP contribution >= 0.6 is 0 Å². The number of hydrogen-bond acceptors (Lipinski definition) is 2. The maximum Gasteiger partial charge on any atom is 0.104 e. The molecule has 1 aromatic carbocycles. The van der Waals surface area contributed by atoms with Gasteiger partial charge in [-0.1, -0.05) is 30.3 Å². The third kappa shape index (κ3) is 7.31. The van der Waals surface area contributed by atoms with Gasteiger partial charge in [0.2, 0.25) is 0 Å². The number of hydrogen-bond donors (Lipinski definition) is 0. The van der Waals surface area contributed by atoms with Crippen molar-refractivity contribution in [3.05, 3.63) is 35.9 Å². The molecular weight excluding hydrogens is 178 g/mol. The van der Waals surface area contributed by atoms with Gasteiger partial charge in [-0.2, -0.15) is 0 Å². The molecular formula is C11H17NO2. The smallest absolute Gasteiger partial charge is 0.104 e. The topological polar surface area (TPSA) is 40.1 Å². The highest BCUT2D eigenvalue weighted by molar-refractivity contribution is 5.29. The van der Waals surface area contributed by atoms with Gasteiger partial charge in [0.1, 0.15) is 6.54 Å². The number of benzene rings is 1. The molecule has 1 rings (SSSR count). The summed E-state index contributed by atoms with van der Waals surface area (Å²) in [6.07, 6.45) is 0. The van der Waals surface area contributed by atoms with Gasteiger partial charge in [0.15, 0.2) is 0 Å². The van der Waals surface area contributed by atoms with E-state index in [9.17, 15) is 0 Å². The van der Waals surface area contributed by atoms with E-state index in [1.165, 1.54) is 5.56 Å². The van der Waals surface area contributed by atoms with Crippen LogP contribution in [0.15, 0.2) is 30.3 Å². The molecule has 0 saturated carbocycles. The Bertz CT molecular complexity index is 252. The van der Waals surface area contributed by atoms with Gasteiger partial charge in [0, 0.05) is 12.0 Å². The molecule has 0 radical (unpaired) electrons. The Labute approximate surface area is 85.2 Å². The SMILES string of the molecule is C[N+](C)(C)Cc1ccccc1.O=C[O-]. The Morgan fingerprint density at radius 2 is 1.64 bits per heavy atom. The van der Waals surface area contributed by atoms with Crippen LogP contribution in [-0.4, -0.2) is 32.1 Å². The van der Waals surface area contributed by atoms with Crippen LogP contribution < -0.4 is 5.11 Å². The van der Waals surface area contributed by atoms with Crippen molar-refractivity contribution < 1.29 is 14.4 Å². The van der Waals surface area contributed by atoms with Crippen molar-refractivity contribution in [1.82, 2.24) is 0 Å². The maximum absolute atomic E-state index is 8.25. The monoisotopic (exact) mass is 195 g/mol. The predicted molar refractivity (Wildman–Crippen MR) is 54.2 cm³/mol. The molecule has 3 nitrogen and oxygen atoms in total. The van der Waals surface area contributed by atoms with Crippen molar-refractivity contribution in [1.29, 1.82) is 0 Å². The zero-order valence-corrected chi connectivity index (χ0v) is 8.93. The molecule has 14 heavy (non-hydrogen) atoms. The van der Waals surface area contributed by atoms with Crippen LogP contribution in [0.25, 0.3) is 0 Å². The number of rotatable bonds is 2. The van der Waals surface area contributed by atoms with Crippen LogP contribution in [0.1, 0.15) is 5.56 Å². The summed E-state index contributed by atoms with van der Waals surface area (Å²) in [7, 11) is 6.60. The standard InChI is InChI=1S/C10H16N.CH2O2/c1-11(2,3)9-10-7-5-4-6-8-10;2-1-3/h4-8H,9H2,1-3H3;1H,(H,2,3)/q+1;/p-1. The van der Waals surface area contributed by atoms with Crippen LogP contribution in [0, 0.1) is 0 Å². The molecule has 0 aliphatic rings. The van der Waals surface area contributed by atoms with E-state index >= 15 is 0 Å². The average molecular weight is 195 g/mol. The van der Waals surface area contributed by atoms with Crippen LogP contribution in [0.5, 0.6) is 0 Å². The molecule has 0 saturated heterocycles. The normalized spacial score (nSPS) is 9.93. The van der Waals surface area contributed by atoms with E-state index in [1.54, 1.807) is 0 Å². The summed E-state index contributed by atoms with van der Waals surface area (Å²) in [6.45, 7) is 0.598. The summed E-state index contributed by atoms with van der Waals surface area (Å²) < 4.78 is 0.990. The minimum Gasteiger partial charge on any atom is -0.554 e. The molecule has 0 bridgehead atoms. The van der Waals surface area contributed by atoms with Gasteiger partial charge in [-0.05, 0) is 0 Å². The highest BCUT2D eigenvalue weighted by atomic mass is 16.3. The summed E-state index contributed by atoms with van der Waals surface area (Å²) in [5.41, 5.74) is 1.40. The van der Waals surface area contributed by atoms with Crippen molar-refractivity contribution in [2.45, 2.75) is 6.54 Å². The van der Waals surface area contributed by atoms with Gasteiger partial charge < -0.3 is 14.4 Å². The van der Waals surface area contributed by atoms with Gasteiger partial charge in [0.25, 0.3) is 0 Å². The molecule has 0 fully saturated rings. The first kappa shape index (κ1) is 12.7. The zero-order valence-electron chi connectivity index (χ0n) is 8.93. The lowest BCUT2D eigenvalue weighted by molar-refractivity contribution is -0.884. The highest BCUT2D eigenvalue weighted by Crippen LogP contribution is 2.04. The summed E-state index contributed by atoms with van der Waals surface area (Å²) in [5, 5.41) is 8.25. The summed E-state index contributed by atoms with van der Waals surface area (Å²) in [5.74, 6) is 0. The van der Waals surface area contributed by atoms with E-state index in [2.05, 4.69) is 51.5 Å². The number of carbonyl (C=O) groups is 1. The lowest BCUT2D eigenvalue weighted by Gasteiger charge is -2.23. The first-order valence-corrected chi connectivity index (χ1v) is 4.39. The first-order chi connectivity index (χ1) is 6.49. The van der Waals surface area contributed by atoms with Crippen molar-refractivity contribution in [3.63, 3.8) is 0 Å². The third-order valence-electron chi connectivity index (χ3n) is 1.50. The number of nitrogens with zero attached hydrogens (tertiary/aromatic N) is 1. The van der Waals surface area contributed by atoms with E-state index in [0.29, 0.717) is 0 Å². The minimum absolute atomic E-state index is 0.500. The quantitative estimate of drug-likeness (QED) is 0.501. The van der Waals surface area contributed by atoms with E-state index in [4.69, 9.17) is 9.90 Å². The largest absolute Gasteiger partial charge is 0.554 e. The molecule has 0 aliphatic heterocycles. The molecule has 78 valence electrons. The fourth-order valence-electron chi connectivity index (χ4n) is 1.13. The molecule has 1 aromatic rings. The van der Waals surface area contributed by atoms with Gasteiger partial charge in [0.05, 0.1) is 21.1 Å². The molecule has 0 spiro atoms. The Morgan fingerprint density at radius 3 is 2.00 bits per heavy atom. The molecule has 0 unspecified atom stereocenters. The Balaban J connectivity index is 0.000000500. The van der Waals surface area contributed by atoms with Crippen molar-refractivity contribution in [2.24, 2.45) is 0 Å². The molecule has 3 heteroatoms. The molecule has 0 N–H and O–H groups in total. The number of carbonyl (C=O) groups excluding carboxylic acids is 1. The molecule has 0 amide bonds. The zero-order chi connectivity index (χ0) is 11.0. The predicted octanol–water partition coefficient (Wildman–Crippen LogP) is 0.259. The fourth-order valence-corrected chi connectivity index (χ4v) is 1.13. The fraction of sp³-hybridized carbons (Fsp3) is 0.364. The van der Waals surface area contributed by atoms with E-state index < -0.39 is 6.47 Å². The second-order valence-electron chi connectivity index (χ2n) is 4.03.